The van der Waals surface area contributed by atoms with Gasteiger partial charge in [-0.05, 0) is 118 Å². The summed E-state index contributed by atoms with van der Waals surface area (Å²) < 4.78 is 2.52. The van der Waals surface area contributed by atoms with Crippen molar-refractivity contribution in [2.45, 2.75) is 58.3 Å². The van der Waals surface area contributed by atoms with Crippen molar-refractivity contribution in [3.63, 3.8) is 0 Å². The molecule has 8 aromatic rings. The van der Waals surface area contributed by atoms with Crippen molar-refractivity contribution >= 4 is 38.9 Å². The molecule has 1 aliphatic rings. The van der Waals surface area contributed by atoms with Crippen molar-refractivity contribution in [1.29, 1.82) is 0 Å². The Hall–Kier alpha value is -5.86. The first kappa shape index (κ1) is 33.0. The van der Waals surface area contributed by atoms with Gasteiger partial charge >= 0.3 is 0 Å². The number of aromatic nitrogens is 1. The zero-order valence-corrected chi connectivity index (χ0v) is 31.4. The number of nitrogens with zero attached hydrogens (tertiary/aromatic N) is 2. The monoisotopic (exact) mass is 686 g/mol. The minimum atomic E-state index is 0.117. The fourth-order valence-corrected chi connectivity index (χ4v) is 8.62. The van der Waals surface area contributed by atoms with Gasteiger partial charge in [-0.2, -0.15) is 0 Å². The largest absolute Gasteiger partial charge is 0.310 e. The maximum absolute atomic E-state index is 2.52. The van der Waals surface area contributed by atoms with Gasteiger partial charge in [0.2, 0.25) is 0 Å². The van der Waals surface area contributed by atoms with E-state index in [2.05, 4.69) is 208 Å². The second kappa shape index (κ2) is 12.7. The molecule has 0 spiro atoms. The molecule has 0 bridgehead atoms. The molecule has 1 aromatic heterocycles. The van der Waals surface area contributed by atoms with Crippen molar-refractivity contribution in [2.75, 3.05) is 4.90 Å². The minimum absolute atomic E-state index is 0.117. The van der Waals surface area contributed by atoms with E-state index in [4.69, 9.17) is 0 Å². The van der Waals surface area contributed by atoms with Gasteiger partial charge in [0.05, 0.1) is 11.0 Å². The Kier molecular flexibility index (Phi) is 7.89. The minimum Gasteiger partial charge on any atom is -0.310 e. The van der Waals surface area contributed by atoms with Gasteiger partial charge in [-0.1, -0.05) is 143 Å². The lowest BCUT2D eigenvalue weighted by Gasteiger charge is -2.42. The topological polar surface area (TPSA) is 8.17 Å². The van der Waals surface area contributed by atoms with E-state index in [0.29, 0.717) is 0 Å². The summed E-state index contributed by atoms with van der Waals surface area (Å²) in [7, 11) is 0. The van der Waals surface area contributed by atoms with Crippen LogP contribution in [0, 0.1) is 6.92 Å². The molecular formula is C51H46N2. The van der Waals surface area contributed by atoms with E-state index in [0.717, 1.165) is 17.1 Å². The normalized spacial score (nSPS) is 14.7. The summed E-state index contributed by atoms with van der Waals surface area (Å²) in [5.41, 5.74) is 16.5. The third kappa shape index (κ3) is 5.74. The van der Waals surface area contributed by atoms with Crippen molar-refractivity contribution in [2.24, 2.45) is 0 Å². The van der Waals surface area contributed by atoms with Crippen LogP contribution in [0.4, 0.5) is 17.1 Å². The summed E-state index contributed by atoms with van der Waals surface area (Å²) in [5, 5.41) is 2.54. The summed E-state index contributed by atoms with van der Waals surface area (Å²) in [6.45, 7) is 12.0. The Morgan fingerprint density at radius 2 is 0.887 bits per heavy atom. The molecule has 0 amide bonds. The molecule has 9 rings (SSSR count). The van der Waals surface area contributed by atoms with Gasteiger partial charge in [0, 0.05) is 33.5 Å². The molecule has 2 nitrogen and oxygen atoms in total. The van der Waals surface area contributed by atoms with Crippen molar-refractivity contribution in [3.8, 4) is 27.9 Å². The van der Waals surface area contributed by atoms with E-state index < -0.39 is 0 Å². The average molecular weight is 687 g/mol. The molecule has 260 valence electrons. The molecule has 2 heteroatoms. The zero-order chi connectivity index (χ0) is 36.3. The molecule has 1 aliphatic carbocycles. The molecule has 0 N–H and O–H groups in total. The predicted molar refractivity (Wildman–Crippen MR) is 226 cm³/mol. The molecule has 0 fully saturated rings. The summed E-state index contributed by atoms with van der Waals surface area (Å²) >= 11 is 0. The van der Waals surface area contributed by atoms with E-state index in [-0.39, 0.29) is 10.8 Å². The van der Waals surface area contributed by atoms with Crippen LogP contribution < -0.4 is 4.90 Å². The molecular weight excluding hydrogens is 641 g/mol. The maximum Gasteiger partial charge on any atom is 0.0562 e. The third-order valence-electron chi connectivity index (χ3n) is 11.8. The lowest BCUT2D eigenvalue weighted by Crippen LogP contribution is -2.34. The third-order valence-corrected chi connectivity index (χ3v) is 11.8. The Bertz CT molecular complexity index is 2510. The Labute approximate surface area is 314 Å². The number of para-hydroxylation sites is 1. The van der Waals surface area contributed by atoms with Gasteiger partial charge in [0.15, 0.2) is 0 Å². The van der Waals surface area contributed by atoms with E-state index in [1.807, 2.05) is 0 Å². The van der Waals surface area contributed by atoms with Gasteiger partial charge < -0.3 is 9.47 Å². The number of hydrogen-bond donors (Lipinski definition) is 0. The summed E-state index contributed by atoms with van der Waals surface area (Å²) in [4.78, 5) is 2.40. The number of benzene rings is 7. The average Bonchev–Trinajstić information content (AvgIpc) is 3.51. The van der Waals surface area contributed by atoms with Crippen LogP contribution in [-0.2, 0) is 10.8 Å². The van der Waals surface area contributed by atoms with E-state index >= 15 is 0 Å². The SMILES string of the molecule is Cc1cc2c(cc1-n1c3ccccc3c3ccc(N(c4ccc(-c5ccccc5)cc4)c4ccc(-c5ccccc5)cc4)cc31)C(C)(C)CCC2(C)C. The Balaban J connectivity index is 1.24. The van der Waals surface area contributed by atoms with Gasteiger partial charge in [-0.3, -0.25) is 0 Å². The first-order valence-electron chi connectivity index (χ1n) is 19.0. The molecule has 1 heterocycles. The van der Waals surface area contributed by atoms with Gasteiger partial charge in [0.1, 0.15) is 0 Å². The first-order chi connectivity index (χ1) is 25.7. The first-order valence-corrected chi connectivity index (χ1v) is 19.0. The van der Waals surface area contributed by atoms with Crippen LogP contribution in [-0.4, -0.2) is 4.57 Å². The second-order valence-corrected chi connectivity index (χ2v) is 16.2. The van der Waals surface area contributed by atoms with Crippen molar-refractivity contribution in [3.05, 3.63) is 180 Å². The summed E-state index contributed by atoms with van der Waals surface area (Å²) in [6, 6.07) is 60.2. The van der Waals surface area contributed by atoms with E-state index in [1.54, 1.807) is 0 Å². The van der Waals surface area contributed by atoms with Crippen LogP contribution in [0.25, 0.3) is 49.7 Å². The maximum atomic E-state index is 2.52. The molecule has 0 radical (unpaired) electrons. The van der Waals surface area contributed by atoms with Crippen LogP contribution in [0.15, 0.2) is 164 Å². The molecule has 0 atom stereocenters. The van der Waals surface area contributed by atoms with E-state index in [9.17, 15) is 0 Å². The van der Waals surface area contributed by atoms with Crippen LogP contribution >= 0.6 is 0 Å². The van der Waals surface area contributed by atoms with Gasteiger partial charge in [0.25, 0.3) is 0 Å². The fourth-order valence-electron chi connectivity index (χ4n) is 8.62. The van der Waals surface area contributed by atoms with Crippen molar-refractivity contribution < 1.29 is 0 Å². The number of hydrogen-bond acceptors (Lipinski definition) is 1. The summed E-state index contributed by atoms with van der Waals surface area (Å²) in [6.07, 6.45) is 2.40. The highest BCUT2D eigenvalue weighted by molar-refractivity contribution is 6.10. The second-order valence-electron chi connectivity index (χ2n) is 16.2. The number of rotatable bonds is 6. The lowest BCUT2D eigenvalue weighted by atomic mass is 9.63. The Morgan fingerprint density at radius 3 is 1.45 bits per heavy atom. The van der Waals surface area contributed by atoms with Crippen LogP contribution in [0.2, 0.25) is 0 Å². The molecule has 0 aliphatic heterocycles. The highest BCUT2D eigenvalue weighted by Gasteiger charge is 2.37. The standard InChI is InChI=1S/C51H46N2/c1-35-32-45-46(51(4,5)31-30-50(45,2)3)34-48(35)53-47-19-13-12-18-43(47)44-29-28-42(33-49(44)53)52(40-24-20-38(21-25-40)36-14-8-6-9-15-36)41-26-22-39(23-27-41)37-16-10-7-11-17-37/h6-29,32-34H,30-31H2,1-5H3. The predicted octanol–water partition coefficient (Wildman–Crippen LogP) is 14.2. The highest BCUT2D eigenvalue weighted by Crippen LogP contribution is 2.48. The molecule has 53 heavy (non-hydrogen) atoms. The molecule has 0 saturated heterocycles. The van der Waals surface area contributed by atoms with Crippen molar-refractivity contribution in [1.82, 2.24) is 4.57 Å². The van der Waals surface area contributed by atoms with Gasteiger partial charge in [-0.15, -0.1) is 0 Å². The smallest absolute Gasteiger partial charge is 0.0562 e. The zero-order valence-electron chi connectivity index (χ0n) is 31.4. The quantitative estimate of drug-likeness (QED) is 0.169. The number of aryl methyl sites for hydroxylation is 1. The molecule has 0 unspecified atom stereocenters. The van der Waals surface area contributed by atoms with Crippen LogP contribution in [0.3, 0.4) is 0 Å². The lowest BCUT2D eigenvalue weighted by molar-refractivity contribution is 0.331. The Morgan fingerprint density at radius 1 is 0.434 bits per heavy atom. The molecule has 0 saturated carbocycles. The van der Waals surface area contributed by atoms with Crippen LogP contribution in [0.1, 0.15) is 57.2 Å². The summed E-state index contributed by atoms with van der Waals surface area (Å²) in [5.74, 6) is 0. The fraction of sp³-hybridized carbons (Fsp3) is 0.176. The van der Waals surface area contributed by atoms with Gasteiger partial charge in [-0.25, -0.2) is 0 Å². The highest BCUT2D eigenvalue weighted by atomic mass is 15.1. The number of anilines is 3. The van der Waals surface area contributed by atoms with Crippen LogP contribution in [0.5, 0.6) is 0 Å². The number of fused-ring (bicyclic) bond motifs is 4. The molecule has 7 aromatic carbocycles. The van der Waals surface area contributed by atoms with E-state index in [1.165, 1.54) is 79.3 Å².